The highest BCUT2D eigenvalue weighted by atomic mass is 16.1. The molecule has 4 heteroatoms. The zero-order valence-corrected chi connectivity index (χ0v) is 7.51. The normalized spacial score (nSPS) is 8.73. The highest BCUT2D eigenvalue weighted by Crippen LogP contribution is 1.83. The minimum absolute atomic E-state index is 0.130. The van der Waals surface area contributed by atoms with E-state index in [9.17, 15) is 4.79 Å². The lowest BCUT2D eigenvalue weighted by atomic mass is 10.6. The maximum atomic E-state index is 10.7. The van der Waals surface area contributed by atoms with Crippen molar-refractivity contribution < 1.29 is 0 Å². The fourth-order valence-corrected chi connectivity index (χ4v) is 0.769. The van der Waals surface area contributed by atoms with Crippen molar-refractivity contribution in [1.82, 2.24) is 14.8 Å². The summed E-state index contributed by atoms with van der Waals surface area (Å²) >= 11 is 0. The molecule has 1 aromatic heterocycles. The first-order chi connectivity index (χ1) is 5.25. The molecule has 0 spiro atoms. The molecular formula is C7H15N3O. The fourth-order valence-electron chi connectivity index (χ4n) is 0.769. The highest BCUT2D eigenvalue weighted by molar-refractivity contribution is 4.79. The Morgan fingerprint density at radius 2 is 2.09 bits per heavy atom. The SMILES string of the molecule is CC.CCn1c(C)n[nH]c1=O. The van der Waals surface area contributed by atoms with E-state index in [4.69, 9.17) is 0 Å². The van der Waals surface area contributed by atoms with Crippen molar-refractivity contribution in [3.63, 3.8) is 0 Å². The summed E-state index contributed by atoms with van der Waals surface area (Å²) in [6, 6.07) is 0. The molecule has 0 radical (unpaired) electrons. The van der Waals surface area contributed by atoms with Gasteiger partial charge in [-0.25, -0.2) is 9.89 Å². The number of aromatic amines is 1. The van der Waals surface area contributed by atoms with Crippen molar-refractivity contribution in [3.05, 3.63) is 16.3 Å². The molecule has 64 valence electrons. The monoisotopic (exact) mass is 157 g/mol. The summed E-state index contributed by atoms with van der Waals surface area (Å²) < 4.78 is 1.57. The average Bonchev–Trinajstić information content (AvgIpc) is 2.35. The minimum atomic E-state index is -0.130. The average molecular weight is 157 g/mol. The number of nitrogens with zero attached hydrogens (tertiary/aromatic N) is 2. The Kier molecular flexibility index (Phi) is 4.26. The third-order valence-corrected chi connectivity index (χ3v) is 1.27. The van der Waals surface area contributed by atoms with E-state index in [1.54, 1.807) is 11.5 Å². The first-order valence-electron chi connectivity index (χ1n) is 3.87. The Balaban J connectivity index is 0.000000461. The third kappa shape index (κ3) is 2.22. The summed E-state index contributed by atoms with van der Waals surface area (Å²) in [6.07, 6.45) is 0. The van der Waals surface area contributed by atoms with Gasteiger partial charge in [-0.2, -0.15) is 5.10 Å². The molecule has 4 nitrogen and oxygen atoms in total. The Bertz CT molecular complexity index is 248. The molecule has 0 fully saturated rings. The Labute approximate surface area is 66.3 Å². The molecule has 1 heterocycles. The standard InChI is InChI=1S/C5H9N3O.C2H6/c1-3-8-4(2)6-7-5(8)9;1-2/h3H2,1-2H3,(H,7,9);1-2H3. The summed E-state index contributed by atoms with van der Waals surface area (Å²) in [5, 5.41) is 6.06. The molecule has 1 rings (SSSR count). The van der Waals surface area contributed by atoms with E-state index in [1.165, 1.54) is 0 Å². The molecular weight excluding hydrogens is 142 g/mol. The van der Waals surface area contributed by atoms with Crippen LogP contribution in [0.2, 0.25) is 0 Å². The predicted octanol–water partition coefficient (Wildman–Crippen LogP) is 0.926. The number of nitrogens with one attached hydrogen (secondary N) is 1. The molecule has 11 heavy (non-hydrogen) atoms. The van der Waals surface area contributed by atoms with Gasteiger partial charge in [0, 0.05) is 6.54 Å². The Morgan fingerprint density at radius 1 is 1.55 bits per heavy atom. The van der Waals surface area contributed by atoms with Crippen LogP contribution >= 0.6 is 0 Å². The summed E-state index contributed by atoms with van der Waals surface area (Å²) in [5.74, 6) is 0.738. The van der Waals surface area contributed by atoms with Crippen LogP contribution < -0.4 is 5.69 Å². The van der Waals surface area contributed by atoms with Gasteiger partial charge in [-0.1, -0.05) is 13.8 Å². The van der Waals surface area contributed by atoms with E-state index in [2.05, 4.69) is 10.2 Å². The van der Waals surface area contributed by atoms with Crippen molar-refractivity contribution >= 4 is 0 Å². The maximum Gasteiger partial charge on any atom is 0.343 e. The molecule has 0 bridgehead atoms. The Hall–Kier alpha value is -1.06. The molecule has 0 saturated heterocycles. The second-order valence-electron chi connectivity index (χ2n) is 1.82. The van der Waals surface area contributed by atoms with Gasteiger partial charge in [0.2, 0.25) is 0 Å². The molecule has 0 unspecified atom stereocenters. The van der Waals surface area contributed by atoms with Crippen LogP contribution in [0.15, 0.2) is 4.79 Å². The van der Waals surface area contributed by atoms with Gasteiger partial charge in [-0.3, -0.25) is 4.57 Å². The summed E-state index contributed by atoms with van der Waals surface area (Å²) in [4.78, 5) is 10.7. The van der Waals surface area contributed by atoms with E-state index in [-0.39, 0.29) is 5.69 Å². The summed E-state index contributed by atoms with van der Waals surface area (Å²) in [5.41, 5.74) is -0.130. The van der Waals surface area contributed by atoms with Crippen LogP contribution in [0, 0.1) is 6.92 Å². The number of aryl methyl sites for hydroxylation is 1. The molecule has 0 aliphatic heterocycles. The van der Waals surface area contributed by atoms with Crippen molar-refractivity contribution in [2.75, 3.05) is 0 Å². The summed E-state index contributed by atoms with van der Waals surface area (Å²) in [6.45, 7) is 8.38. The zero-order chi connectivity index (χ0) is 8.85. The number of hydrogen-bond acceptors (Lipinski definition) is 2. The molecule has 0 aliphatic rings. The largest absolute Gasteiger partial charge is 0.343 e. The third-order valence-electron chi connectivity index (χ3n) is 1.27. The molecule has 0 atom stereocenters. The maximum absolute atomic E-state index is 10.7. The van der Waals surface area contributed by atoms with Gasteiger partial charge in [0.25, 0.3) is 0 Å². The first kappa shape index (κ1) is 9.94. The van der Waals surface area contributed by atoms with Crippen LogP contribution in [0.25, 0.3) is 0 Å². The van der Waals surface area contributed by atoms with Crippen LogP contribution in [0.3, 0.4) is 0 Å². The van der Waals surface area contributed by atoms with E-state index >= 15 is 0 Å². The number of aromatic nitrogens is 3. The highest BCUT2D eigenvalue weighted by Gasteiger charge is 1.97. The minimum Gasteiger partial charge on any atom is -0.280 e. The molecule has 0 amide bonds. The van der Waals surface area contributed by atoms with Gasteiger partial charge in [-0.15, -0.1) is 0 Å². The van der Waals surface area contributed by atoms with Gasteiger partial charge < -0.3 is 0 Å². The van der Waals surface area contributed by atoms with Gasteiger partial charge in [-0.05, 0) is 13.8 Å². The second kappa shape index (κ2) is 4.71. The van der Waals surface area contributed by atoms with Gasteiger partial charge in [0.05, 0.1) is 0 Å². The van der Waals surface area contributed by atoms with Crippen LogP contribution in [0.5, 0.6) is 0 Å². The quantitative estimate of drug-likeness (QED) is 0.659. The fraction of sp³-hybridized carbons (Fsp3) is 0.714. The van der Waals surface area contributed by atoms with Crippen molar-refractivity contribution in [1.29, 1.82) is 0 Å². The number of H-pyrrole nitrogens is 1. The lowest BCUT2D eigenvalue weighted by Gasteiger charge is -1.92. The summed E-state index contributed by atoms with van der Waals surface area (Å²) in [7, 11) is 0. The van der Waals surface area contributed by atoms with E-state index in [1.807, 2.05) is 20.8 Å². The zero-order valence-electron chi connectivity index (χ0n) is 7.51. The van der Waals surface area contributed by atoms with Crippen molar-refractivity contribution in [2.45, 2.75) is 34.2 Å². The van der Waals surface area contributed by atoms with E-state index < -0.39 is 0 Å². The Morgan fingerprint density at radius 3 is 2.27 bits per heavy atom. The molecule has 0 aromatic carbocycles. The van der Waals surface area contributed by atoms with Gasteiger partial charge in [0.15, 0.2) is 0 Å². The molecule has 1 aromatic rings. The lowest BCUT2D eigenvalue weighted by molar-refractivity contribution is 0.704. The van der Waals surface area contributed by atoms with E-state index in [0.717, 1.165) is 5.82 Å². The molecule has 0 saturated carbocycles. The van der Waals surface area contributed by atoms with Crippen LogP contribution in [-0.2, 0) is 6.54 Å². The smallest absolute Gasteiger partial charge is 0.280 e. The van der Waals surface area contributed by atoms with Gasteiger partial charge >= 0.3 is 5.69 Å². The molecule has 1 N–H and O–H groups in total. The van der Waals surface area contributed by atoms with Crippen LogP contribution in [0.1, 0.15) is 26.6 Å². The van der Waals surface area contributed by atoms with Crippen molar-refractivity contribution in [3.8, 4) is 0 Å². The second-order valence-corrected chi connectivity index (χ2v) is 1.82. The van der Waals surface area contributed by atoms with Crippen molar-refractivity contribution in [2.24, 2.45) is 0 Å². The topological polar surface area (TPSA) is 50.7 Å². The number of hydrogen-bond donors (Lipinski definition) is 1. The molecule has 0 aliphatic carbocycles. The lowest BCUT2D eigenvalue weighted by Crippen LogP contribution is -2.16. The predicted molar refractivity (Wildman–Crippen MR) is 44.6 cm³/mol. The van der Waals surface area contributed by atoms with E-state index in [0.29, 0.717) is 6.54 Å². The van der Waals surface area contributed by atoms with Crippen LogP contribution in [-0.4, -0.2) is 14.8 Å². The van der Waals surface area contributed by atoms with Crippen LogP contribution in [0.4, 0.5) is 0 Å². The number of rotatable bonds is 1. The van der Waals surface area contributed by atoms with Gasteiger partial charge in [0.1, 0.15) is 5.82 Å². The first-order valence-corrected chi connectivity index (χ1v) is 3.87.